The van der Waals surface area contributed by atoms with E-state index in [4.69, 9.17) is 21.1 Å². The summed E-state index contributed by atoms with van der Waals surface area (Å²) in [6, 6.07) is 19.6. The average Bonchev–Trinajstić information content (AvgIpc) is 3.14. The Hall–Kier alpha value is -3.62. The van der Waals surface area contributed by atoms with Gasteiger partial charge in [-0.05, 0) is 77.0 Å². The van der Waals surface area contributed by atoms with Crippen LogP contribution in [-0.4, -0.2) is 31.2 Å². The SMILES string of the molecule is COc1cc(/C=C2\C(=O)N(c3ccccc3)N=C2C)ccc1OCC(=O)Nc1ccc(Br)c(Cl)c1. The summed E-state index contributed by atoms with van der Waals surface area (Å²) in [6.45, 7) is 1.57. The number of benzene rings is 3. The fourth-order valence-corrected chi connectivity index (χ4v) is 3.83. The summed E-state index contributed by atoms with van der Waals surface area (Å²) in [5, 5.41) is 8.99. The summed E-state index contributed by atoms with van der Waals surface area (Å²) in [7, 11) is 1.51. The summed E-state index contributed by atoms with van der Waals surface area (Å²) in [4.78, 5) is 25.2. The monoisotopic (exact) mass is 553 g/mol. The Morgan fingerprint density at radius 2 is 1.89 bits per heavy atom. The molecular weight excluding hydrogens is 534 g/mol. The first kappa shape index (κ1) is 24.5. The smallest absolute Gasteiger partial charge is 0.280 e. The van der Waals surface area contributed by atoms with E-state index >= 15 is 0 Å². The molecule has 1 heterocycles. The lowest BCUT2D eigenvalue weighted by Gasteiger charge is -2.12. The van der Waals surface area contributed by atoms with Crippen LogP contribution in [-0.2, 0) is 9.59 Å². The summed E-state index contributed by atoms with van der Waals surface area (Å²) >= 11 is 9.37. The first-order valence-corrected chi connectivity index (χ1v) is 11.8. The minimum atomic E-state index is -0.346. The van der Waals surface area contributed by atoms with Crippen LogP contribution < -0.4 is 19.8 Å². The molecule has 1 aliphatic rings. The van der Waals surface area contributed by atoms with Crippen molar-refractivity contribution in [1.82, 2.24) is 0 Å². The van der Waals surface area contributed by atoms with Crippen LogP contribution in [0.5, 0.6) is 11.5 Å². The zero-order chi connectivity index (χ0) is 24.9. The van der Waals surface area contributed by atoms with Gasteiger partial charge in [0.25, 0.3) is 11.8 Å². The van der Waals surface area contributed by atoms with Gasteiger partial charge < -0.3 is 14.8 Å². The number of hydrogen-bond donors (Lipinski definition) is 1. The Bertz CT molecular complexity index is 1340. The van der Waals surface area contributed by atoms with E-state index in [9.17, 15) is 9.59 Å². The van der Waals surface area contributed by atoms with E-state index in [1.165, 1.54) is 12.1 Å². The molecule has 3 aromatic rings. The molecule has 0 atom stereocenters. The van der Waals surface area contributed by atoms with Gasteiger partial charge in [-0.1, -0.05) is 35.9 Å². The molecule has 1 N–H and O–H groups in total. The fourth-order valence-electron chi connectivity index (χ4n) is 3.40. The second-order valence-electron chi connectivity index (χ2n) is 7.57. The third-order valence-electron chi connectivity index (χ3n) is 5.12. The van der Waals surface area contributed by atoms with Crippen molar-refractivity contribution >= 4 is 62.5 Å². The van der Waals surface area contributed by atoms with Gasteiger partial charge in [0.15, 0.2) is 18.1 Å². The maximum Gasteiger partial charge on any atom is 0.280 e. The highest BCUT2D eigenvalue weighted by Gasteiger charge is 2.28. The number of hydrazone groups is 1. The van der Waals surface area contributed by atoms with E-state index in [-0.39, 0.29) is 18.4 Å². The number of anilines is 2. The highest BCUT2D eigenvalue weighted by molar-refractivity contribution is 9.10. The molecule has 0 saturated carbocycles. The molecule has 7 nitrogen and oxygen atoms in total. The van der Waals surface area contributed by atoms with Crippen molar-refractivity contribution in [2.45, 2.75) is 6.92 Å². The van der Waals surface area contributed by atoms with E-state index in [2.05, 4.69) is 26.3 Å². The number of amides is 2. The first-order chi connectivity index (χ1) is 16.9. The van der Waals surface area contributed by atoms with Crippen LogP contribution in [0.15, 0.2) is 81.9 Å². The number of rotatable bonds is 7. The van der Waals surface area contributed by atoms with Crippen molar-refractivity contribution < 1.29 is 19.1 Å². The topological polar surface area (TPSA) is 80.2 Å². The lowest BCUT2D eigenvalue weighted by Crippen LogP contribution is -2.21. The van der Waals surface area contributed by atoms with Gasteiger partial charge in [-0.2, -0.15) is 10.1 Å². The number of halogens is 2. The summed E-state index contributed by atoms with van der Waals surface area (Å²) < 4.78 is 11.8. The molecule has 178 valence electrons. The molecule has 9 heteroatoms. The predicted molar refractivity (Wildman–Crippen MR) is 141 cm³/mol. The summed E-state index contributed by atoms with van der Waals surface area (Å²) in [6.07, 6.45) is 1.75. The summed E-state index contributed by atoms with van der Waals surface area (Å²) in [5.41, 5.74) is 3.09. The second-order valence-corrected chi connectivity index (χ2v) is 8.83. The van der Waals surface area contributed by atoms with E-state index in [1.807, 2.05) is 30.3 Å². The molecule has 0 aromatic heterocycles. The van der Waals surface area contributed by atoms with Crippen LogP contribution in [0.2, 0.25) is 5.02 Å². The third-order valence-corrected chi connectivity index (χ3v) is 6.36. The van der Waals surface area contributed by atoms with Crippen molar-refractivity contribution in [3.63, 3.8) is 0 Å². The maximum atomic E-state index is 12.9. The molecule has 0 unspecified atom stereocenters. The number of ether oxygens (including phenoxy) is 2. The van der Waals surface area contributed by atoms with Crippen LogP contribution >= 0.6 is 27.5 Å². The van der Waals surface area contributed by atoms with Gasteiger partial charge in [-0.15, -0.1) is 0 Å². The van der Waals surface area contributed by atoms with Gasteiger partial charge >= 0.3 is 0 Å². The lowest BCUT2D eigenvalue weighted by molar-refractivity contribution is -0.118. The van der Waals surface area contributed by atoms with E-state index in [1.54, 1.807) is 49.4 Å². The molecule has 0 bridgehead atoms. The normalized spacial score (nSPS) is 14.2. The number of nitrogens with zero attached hydrogens (tertiary/aromatic N) is 2. The zero-order valence-electron chi connectivity index (χ0n) is 18.9. The highest BCUT2D eigenvalue weighted by atomic mass is 79.9. The molecule has 0 radical (unpaired) electrons. The predicted octanol–water partition coefficient (Wildman–Crippen LogP) is 5.93. The lowest BCUT2D eigenvalue weighted by atomic mass is 10.1. The maximum absolute atomic E-state index is 12.9. The van der Waals surface area contributed by atoms with Gasteiger partial charge in [0.05, 0.1) is 29.1 Å². The zero-order valence-corrected chi connectivity index (χ0v) is 21.3. The molecule has 0 spiro atoms. The molecule has 1 aliphatic heterocycles. The minimum absolute atomic E-state index is 0.210. The molecule has 3 aromatic carbocycles. The van der Waals surface area contributed by atoms with Crippen LogP contribution in [0.25, 0.3) is 6.08 Å². The Kier molecular flexibility index (Phi) is 7.53. The van der Waals surface area contributed by atoms with Gasteiger partial charge in [-0.3, -0.25) is 9.59 Å². The number of nitrogens with one attached hydrogen (secondary N) is 1. The van der Waals surface area contributed by atoms with E-state index < -0.39 is 0 Å². The van der Waals surface area contributed by atoms with Crippen molar-refractivity contribution in [3.05, 3.63) is 87.4 Å². The quantitative estimate of drug-likeness (QED) is 0.367. The fraction of sp³-hybridized carbons (Fsp3) is 0.115. The van der Waals surface area contributed by atoms with Crippen molar-refractivity contribution in [1.29, 1.82) is 0 Å². The summed E-state index contributed by atoms with van der Waals surface area (Å²) in [5.74, 6) is 0.269. The van der Waals surface area contributed by atoms with Gasteiger partial charge in [0, 0.05) is 10.2 Å². The van der Waals surface area contributed by atoms with Crippen LogP contribution in [0.3, 0.4) is 0 Å². The minimum Gasteiger partial charge on any atom is -0.493 e. The Labute approximate surface area is 216 Å². The van der Waals surface area contributed by atoms with Gasteiger partial charge in [-0.25, -0.2) is 0 Å². The Morgan fingerprint density at radius 1 is 1.11 bits per heavy atom. The largest absolute Gasteiger partial charge is 0.493 e. The van der Waals surface area contributed by atoms with Gasteiger partial charge in [0.2, 0.25) is 0 Å². The van der Waals surface area contributed by atoms with Crippen molar-refractivity contribution in [2.75, 3.05) is 24.0 Å². The molecule has 0 aliphatic carbocycles. The number of methoxy groups -OCH3 is 1. The number of carbonyl (C=O) groups excluding carboxylic acids is 2. The van der Waals surface area contributed by atoms with Gasteiger partial charge in [0.1, 0.15) is 0 Å². The highest BCUT2D eigenvalue weighted by Crippen LogP contribution is 2.31. The molecular formula is C26H21BrClN3O4. The number of hydrogen-bond acceptors (Lipinski definition) is 5. The van der Waals surface area contributed by atoms with Crippen molar-refractivity contribution in [2.24, 2.45) is 5.10 Å². The molecule has 2 amide bonds. The van der Waals surface area contributed by atoms with E-state index in [0.29, 0.717) is 39.2 Å². The Morgan fingerprint density at radius 3 is 2.60 bits per heavy atom. The van der Waals surface area contributed by atoms with E-state index in [0.717, 1.165) is 10.0 Å². The number of para-hydroxylation sites is 1. The average molecular weight is 555 g/mol. The molecule has 0 saturated heterocycles. The molecule has 35 heavy (non-hydrogen) atoms. The standard InChI is InChI=1S/C26H21BrClN3O4/c1-16-20(26(33)31(30-16)19-6-4-3-5-7-19)12-17-8-11-23(24(13-17)34-2)35-15-25(32)29-18-9-10-21(27)22(28)14-18/h3-14H,15H2,1-2H3,(H,29,32)/b20-12-. The third kappa shape index (κ3) is 5.72. The molecule has 0 fully saturated rings. The van der Waals surface area contributed by atoms with Crippen LogP contribution in [0, 0.1) is 0 Å². The first-order valence-electron chi connectivity index (χ1n) is 10.6. The Balaban J connectivity index is 1.45. The van der Waals surface area contributed by atoms with Crippen LogP contribution in [0.1, 0.15) is 12.5 Å². The second kappa shape index (κ2) is 10.8. The molecule has 4 rings (SSSR count). The van der Waals surface area contributed by atoms with Crippen molar-refractivity contribution in [3.8, 4) is 11.5 Å². The number of carbonyl (C=O) groups is 2. The van der Waals surface area contributed by atoms with Crippen LogP contribution in [0.4, 0.5) is 11.4 Å².